The number of amides is 1. The Balaban J connectivity index is 1.98. The molecule has 2 aromatic rings. The fourth-order valence-corrected chi connectivity index (χ4v) is 2.68. The third kappa shape index (κ3) is 4.25. The Hall–Kier alpha value is -1.96. The first-order chi connectivity index (χ1) is 10.1. The number of hydrogen-bond acceptors (Lipinski definition) is 6. The van der Waals surface area contributed by atoms with Crippen molar-refractivity contribution in [2.24, 2.45) is 13.0 Å². The lowest BCUT2D eigenvalue weighted by Crippen LogP contribution is -2.35. The van der Waals surface area contributed by atoms with Crippen LogP contribution in [-0.4, -0.2) is 36.3 Å². The molecule has 0 fully saturated rings. The van der Waals surface area contributed by atoms with E-state index in [1.165, 1.54) is 11.8 Å². The van der Waals surface area contributed by atoms with Crippen molar-refractivity contribution in [2.45, 2.75) is 30.8 Å². The molecule has 0 aliphatic rings. The molecule has 0 bridgehead atoms. The summed E-state index contributed by atoms with van der Waals surface area (Å²) >= 11 is 1.37. The monoisotopic (exact) mass is 306 g/mol. The van der Waals surface area contributed by atoms with E-state index in [4.69, 9.17) is 0 Å². The third-order valence-corrected chi connectivity index (χ3v) is 4.44. The minimum atomic E-state index is -0.244. The van der Waals surface area contributed by atoms with E-state index < -0.39 is 0 Å². The van der Waals surface area contributed by atoms with Crippen molar-refractivity contribution in [3.8, 4) is 0 Å². The number of aryl methyl sites for hydroxylation is 1. The Morgan fingerprint density at radius 2 is 2.29 bits per heavy atom. The highest BCUT2D eigenvalue weighted by molar-refractivity contribution is 8.00. The van der Waals surface area contributed by atoms with Gasteiger partial charge < -0.3 is 5.32 Å². The maximum absolute atomic E-state index is 12.4. The van der Waals surface area contributed by atoms with Crippen LogP contribution >= 0.6 is 11.8 Å². The van der Waals surface area contributed by atoms with Crippen LogP contribution in [0.15, 0.2) is 29.7 Å². The highest BCUT2D eigenvalue weighted by Crippen LogP contribution is 2.25. The highest BCUT2D eigenvalue weighted by atomic mass is 32.2. The van der Waals surface area contributed by atoms with E-state index in [0.717, 1.165) is 5.56 Å². The number of rotatable bonds is 6. The van der Waals surface area contributed by atoms with Gasteiger partial charge in [-0.15, -0.1) is 5.10 Å². The first kappa shape index (κ1) is 15.4. The summed E-state index contributed by atoms with van der Waals surface area (Å²) in [6.45, 7) is 4.48. The second-order valence-electron chi connectivity index (χ2n) is 4.95. The average Bonchev–Trinajstić information content (AvgIpc) is 2.88. The summed E-state index contributed by atoms with van der Waals surface area (Å²) in [5, 5.41) is 14.6. The molecule has 0 saturated heterocycles. The second kappa shape index (κ2) is 7.16. The molecule has 112 valence electrons. The molecule has 8 heteroatoms. The molecular weight excluding hydrogens is 288 g/mol. The predicted octanol–water partition coefficient (Wildman–Crippen LogP) is 1.04. The molecule has 0 aliphatic heterocycles. The summed E-state index contributed by atoms with van der Waals surface area (Å²) < 4.78 is 1.56. The van der Waals surface area contributed by atoms with Crippen molar-refractivity contribution in [2.75, 3.05) is 0 Å². The van der Waals surface area contributed by atoms with Crippen LogP contribution in [0.1, 0.15) is 19.4 Å². The van der Waals surface area contributed by atoms with Gasteiger partial charge in [-0.05, 0) is 28.0 Å². The number of thioether (sulfide) groups is 1. The lowest BCUT2D eigenvalue weighted by atomic mass is 10.1. The number of carbonyl (C=O) groups excluding carboxylic acids is 1. The highest BCUT2D eigenvalue weighted by Gasteiger charge is 2.25. The average molecular weight is 306 g/mol. The standard InChI is InChI=1S/C13H18N6OS/c1-9(2)11(21-13-16-17-18-19(13)3)12(20)15-8-10-5-4-6-14-7-10/h4-7,9,11H,8H2,1-3H3,(H,15,20)/t11-/m1/s1. The second-order valence-corrected chi connectivity index (χ2v) is 6.06. The van der Waals surface area contributed by atoms with Gasteiger partial charge >= 0.3 is 0 Å². The van der Waals surface area contributed by atoms with Gasteiger partial charge in [0.1, 0.15) is 0 Å². The molecule has 7 nitrogen and oxygen atoms in total. The van der Waals surface area contributed by atoms with Crippen LogP contribution < -0.4 is 5.32 Å². The van der Waals surface area contributed by atoms with E-state index >= 15 is 0 Å². The first-order valence-electron chi connectivity index (χ1n) is 6.63. The molecule has 0 aliphatic carbocycles. The fourth-order valence-electron chi connectivity index (χ4n) is 1.72. The van der Waals surface area contributed by atoms with Crippen molar-refractivity contribution in [1.82, 2.24) is 30.5 Å². The lowest BCUT2D eigenvalue weighted by molar-refractivity contribution is -0.121. The molecule has 0 spiro atoms. The van der Waals surface area contributed by atoms with Gasteiger partial charge in [0.25, 0.3) is 0 Å². The lowest BCUT2D eigenvalue weighted by Gasteiger charge is -2.18. The summed E-state index contributed by atoms with van der Waals surface area (Å²) in [7, 11) is 1.76. The van der Waals surface area contributed by atoms with Gasteiger partial charge in [0.05, 0.1) is 5.25 Å². The van der Waals surface area contributed by atoms with Gasteiger partial charge in [0.2, 0.25) is 11.1 Å². The summed E-state index contributed by atoms with van der Waals surface area (Å²) in [4.78, 5) is 16.4. The first-order valence-corrected chi connectivity index (χ1v) is 7.51. The van der Waals surface area contributed by atoms with Crippen LogP contribution in [0.25, 0.3) is 0 Å². The summed E-state index contributed by atoms with van der Waals surface area (Å²) in [6, 6.07) is 3.78. The van der Waals surface area contributed by atoms with Gasteiger partial charge in [-0.2, -0.15) is 0 Å². The minimum Gasteiger partial charge on any atom is -0.351 e. The smallest absolute Gasteiger partial charge is 0.234 e. The van der Waals surface area contributed by atoms with Crippen LogP contribution in [0, 0.1) is 5.92 Å². The van der Waals surface area contributed by atoms with Crippen LogP contribution in [0.4, 0.5) is 0 Å². The minimum absolute atomic E-state index is 0.0261. The molecule has 2 aromatic heterocycles. The Labute approximate surface area is 127 Å². The van der Waals surface area contributed by atoms with Gasteiger partial charge in [-0.25, -0.2) is 4.68 Å². The zero-order valence-electron chi connectivity index (χ0n) is 12.2. The van der Waals surface area contributed by atoms with Crippen LogP contribution in [-0.2, 0) is 18.4 Å². The Bertz CT molecular complexity index is 585. The van der Waals surface area contributed by atoms with E-state index in [9.17, 15) is 4.79 Å². The van der Waals surface area contributed by atoms with Gasteiger partial charge in [-0.1, -0.05) is 31.7 Å². The molecule has 21 heavy (non-hydrogen) atoms. The number of tetrazole rings is 1. The third-order valence-electron chi connectivity index (χ3n) is 2.87. The maximum atomic E-state index is 12.4. The van der Waals surface area contributed by atoms with Gasteiger partial charge in [0.15, 0.2) is 0 Å². The fraction of sp³-hybridized carbons (Fsp3) is 0.462. The Kier molecular flexibility index (Phi) is 5.26. The Morgan fingerprint density at radius 3 is 2.86 bits per heavy atom. The van der Waals surface area contributed by atoms with E-state index in [2.05, 4.69) is 25.8 Å². The normalized spacial score (nSPS) is 12.4. The molecule has 1 N–H and O–H groups in total. The van der Waals surface area contributed by atoms with E-state index in [1.807, 2.05) is 26.0 Å². The largest absolute Gasteiger partial charge is 0.351 e. The number of carbonyl (C=O) groups is 1. The quantitative estimate of drug-likeness (QED) is 0.803. The van der Waals surface area contributed by atoms with Gasteiger partial charge in [0, 0.05) is 26.0 Å². The summed E-state index contributed by atoms with van der Waals surface area (Å²) in [6.07, 6.45) is 3.45. The van der Waals surface area contributed by atoms with Crippen molar-refractivity contribution in [1.29, 1.82) is 0 Å². The number of nitrogens with one attached hydrogen (secondary N) is 1. The van der Waals surface area contributed by atoms with Crippen molar-refractivity contribution in [3.05, 3.63) is 30.1 Å². The predicted molar refractivity (Wildman–Crippen MR) is 79.4 cm³/mol. The molecule has 1 atom stereocenters. The molecule has 0 unspecified atom stereocenters. The molecule has 0 radical (unpaired) electrons. The van der Waals surface area contributed by atoms with Crippen LogP contribution in [0.3, 0.4) is 0 Å². The maximum Gasteiger partial charge on any atom is 0.234 e. The molecule has 2 rings (SSSR count). The topological polar surface area (TPSA) is 85.6 Å². The van der Waals surface area contributed by atoms with Gasteiger partial charge in [-0.3, -0.25) is 9.78 Å². The Morgan fingerprint density at radius 1 is 1.48 bits per heavy atom. The molecule has 1 amide bonds. The van der Waals surface area contributed by atoms with Crippen molar-refractivity contribution >= 4 is 17.7 Å². The molecule has 0 aromatic carbocycles. The van der Waals surface area contributed by atoms with E-state index in [-0.39, 0.29) is 17.1 Å². The number of aromatic nitrogens is 5. The van der Waals surface area contributed by atoms with Crippen LogP contribution in [0.2, 0.25) is 0 Å². The molecular formula is C13H18N6OS. The van der Waals surface area contributed by atoms with Crippen LogP contribution in [0.5, 0.6) is 0 Å². The zero-order chi connectivity index (χ0) is 15.2. The zero-order valence-corrected chi connectivity index (χ0v) is 13.0. The SMILES string of the molecule is CC(C)[C@@H](Sc1nnnn1C)C(=O)NCc1cccnc1. The number of hydrogen-bond donors (Lipinski definition) is 1. The number of nitrogens with zero attached hydrogens (tertiary/aromatic N) is 5. The van der Waals surface area contributed by atoms with E-state index in [0.29, 0.717) is 11.7 Å². The summed E-state index contributed by atoms with van der Waals surface area (Å²) in [5.74, 6) is 0.141. The summed E-state index contributed by atoms with van der Waals surface area (Å²) in [5.41, 5.74) is 0.971. The van der Waals surface area contributed by atoms with E-state index in [1.54, 1.807) is 24.1 Å². The molecule has 2 heterocycles. The number of pyridine rings is 1. The van der Waals surface area contributed by atoms with Crippen molar-refractivity contribution in [3.63, 3.8) is 0 Å². The van der Waals surface area contributed by atoms with Crippen molar-refractivity contribution < 1.29 is 4.79 Å². The molecule has 0 saturated carbocycles.